The highest BCUT2D eigenvalue weighted by atomic mass is 16.1. The first-order valence-electron chi connectivity index (χ1n) is 8.21. The highest BCUT2D eigenvalue weighted by Crippen LogP contribution is 2.21. The Kier molecular flexibility index (Phi) is 3.41. The molecule has 0 aliphatic carbocycles. The lowest BCUT2D eigenvalue weighted by atomic mass is 10.1. The van der Waals surface area contributed by atoms with Crippen molar-refractivity contribution in [1.82, 2.24) is 18.8 Å². The summed E-state index contributed by atoms with van der Waals surface area (Å²) in [6, 6.07) is 11.5. The molecule has 4 aromatic rings. The fourth-order valence-corrected chi connectivity index (χ4v) is 3.18. The number of nitrogens with zero attached hydrogens (tertiary/aromatic N) is 4. The molecule has 0 bridgehead atoms. The Morgan fingerprint density at radius 2 is 1.29 bits per heavy atom. The highest BCUT2D eigenvalue weighted by molar-refractivity contribution is 6.09. The molecule has 0 saturated heterocycles. The summed E-state index contributed by atoms with van der Waals surface area (Å²) in [6.07, 6.45) is 5.20. The maximum Gasteiger partial charge on any atom is 0.230 e. The van der Waals surface area contributed by atoms with E-state index in [1.807, 2.05) is 71.4 Å². The van der Waals surface area contributed by atoms with Gasteiger partial charge >= 0.3 is 0 Å². The van der Waals surface area contributed by atoms with Crippen LogP contribution in [-0.4, -0.2) is 24.6 Å². The number of fused-ring (bicyclic) bond motifs is 2. The topological polar surface area (TPSA) is 51.7 Å². The number of ketones is 1. The standard InChI is InChI=1S/C19H18N4O/c1-3-13-17(22-11-7-5-9-15(22)20-13)19(24)18-14(4-2)21-16-10-6-8-12-23(16)18/h5-12H,3-4H2,1-2H3. The van der Waals surface area contributed by atoms with Gasteiger partial charge in [0.1, 0.15) is 22.7 Å². The largest absolute Gasteiger partial charge is 0.296 e. The molecule has 0 aliphatic rings. The first kappa shape index (κ1) is 14.6. The van der Waals surface area contributed by atoms with E-state index in [1.165, 1.54) is 0 Å². The molecule has 0 spiro atoms. The van der Waals surface area contributed by atoms with Crippen molar-refractivity contribution in [2.45, 2.75) is 26.7 Å². The van der Waals surface area contributed by atoms with Gasteiger partial charge in [0.15, 0.2) is 0 Å². The van der Waals surface area contributed by atoms with Crippen LogP contribution < -0.4 is 0 Å². The van der Waals surface area contributed by atoms with Crippen molar-refractivity contribution < 1.29 is 4.79 Å². The van der Waals surface area contributed by atoms with Crippen LogP contribution in [-0.2, 0) is 12.8 Å². The van der Waals surface area contributed by atoms with Crippen LogP contribution in [0.25, 0.3) is 11.3 Å². The Labute approximate surface area is 139 Å². The summed E-state index contributed by atoms with van der Waals surface area (Å²) in [5.74, 6) is -0.0268. The molecule has 0 unspecified atom stereocenters. The second kappa shape index (κ2) is 5.60. The predicted octanol–water partition coefficient (Wildman–Crippen LogP) is 3.34. The van der Waals surface area contributed by atoms with E-state index in [0.29, 0.717) is 24.2 Å². The van der Waals surface area contributed by atoms with Gasteiger partial charge in [-0.15, -0.1) is 0 Å². The van der Waals surface area contributed by atoms with Gasteiger partial charge in [0.05, 0.1) is 11.4 Å². The van der Waals surface area contributed by atoms with E-state index in [2.05, 4.69) is 9.97 Å². The molecule has 0 fully saturated rings. The van der Waals surface area contributed by atoms with Crippen LogP contribution in [0.1, 0.15) is 41.4 Å². The van der Waals surface area contributed by atoms with Gasteiger partial charge < -0.3 is 0 Å². The quantitative estimate of drug-likeness (QED) is 0.542. The Hall–Kier alpha value is -2.95. The van der Waals surface area contributed by atoms with Gasteiger partial charge in [0.25, 0.3) is 0 Å². The van der Waals surface area contributed by atoms with Gasteiger partial charge in [-0.3, -0.25) is 13.6 Å². The molecule has 0 saturated carbocycles. The van der Waals surface area contributed by atoms with Crippen molar-refractivity contribution in [3.05, 3.63) is 71.6 Å². The zero-order valence-electron chi connectivity index (χ0n) is 13.7. The molecule has 0 aromatic carbocycles. The van der Waals surface area contributed by atoms with Gasteiger partial charge in [-0.2, -0.15) is 0 Å². The number of aryl methyl sites for hydroxylation is 2. The van der Waals surface area contributed by atoms with Crippen LogP contribution in [0.4, 0.5) is 0 Å². The molecule has 5 nitrogen and oxygen atoms in total. The van der Waals surface area contributed by atoms with Crippen LogP contribution in [0.5, 0.6) is 0 Å². The Bertz CT molecular complexity index is 974. The monoisotopic (exact) mass is 318 g/mol. The number of imidazole rings is 2. The van der Waals surface area contributed by atoms with E-state index in [9.17, 15) is 4.79 Å². The molecule has 4 aromatic heterocycles. The first-order chi connectivity index (χ1) is 11.7. The molecule has 24 heavy (non-hydrogen) atoms. The number of hydrogen-bond donors (Lipinski definition) is 0. The average Bonchev–Trinajstić information content (AvgIpc) is 3.18. The SMILES string of the molecule is CCc1nc2ccccn2c1C(=O)c1c(CC)nc2ccccn12. The van der Waals surface area contributed by atoms with Gasteiger partial charge in [-0.05, 0) is 37.1 Å². The zero-order valence-corrected chi connectivity index (χ0v) is 13.7. The number of rotatable bonds is 4. The Morgan fingerprint density at radius 1 is 0.833 bits per heavy atom. The van der Waals surface area contributed by atoms with E-state index in [-0.39, 0.29) is 5.78 Å². The number of carbonyl (C=O) groups is 1. The second-order valence-corrected chi connectivity index (χ2v) is 5.71. The lowest BCUT2D eigenvalue weighted by molar-refractivity contribution is 0.102. The minimum Gasteiger partial charge on any atom is -0.296 e. The van der Waals surface area contributed by atoms with Gasteiger partial charge in [-0.1, -0.05) is 26.0 Å². The number of aromatic nitrogens is 4. The maximum atomic E-state index is 13.4. The van der Waals surface area contributed by atoms with Crippen LogP contribution in [0, 0.1) is 0 Å². The molecule has 120 valence electrons. The first-order valence-corrected chi connectivity index (χ1v) is 8.21. The molecule has 0 amide bonds. The molecule has 0 radical (unpaired) electrons. The zero-order chi connectivity index (χ0) is 16.7. The smallest absolute Gasteiger partial charge is 0.230 e. The molecule has 4 heterocycles. The average molecular weight is 318 g/mol. The second-order valence-electron chi connectivity index (χ2n) is 5.71. The van der Waals surface area contributed by atoms with Crippen LogP contribution in [0.3, 0.4) is 0 Å². The molecular weight excluding hydrogens is 300 g/mol. The van der Waals surface area contributed by atoms with Crippen LogP contribution >= 0.6 is 0 Å². The minimum atomic E-state index is -0.0268. The molecule has 5 heteroatoms. The highest BCUT2D eigenvalue weighted by Gasteiger charge is 2.25. The fraction of sp³-hybridized carbons (Fsp3) is 0.211. The molecule has 4 rings (SSSR count). The van der Waals surface area contributed by atoms with E-state index in [4.69, 9.17) is 0 Å². The van der Waals surface area contributed by atoms with Crippen molar-refractivity contribution >= 4 is 17.1 Å². The number of carbonyl (C=O) groups excluding carboxylic acids is 1. The number of hydrogen-bond acceptors (Lipinski definition) is 3. The lowest BCUT2D eigenvalue weighted by Crippen LogP contribution is -2.12. The summed E-state index contributed by atoms with van der Waals surface area (Å²) in [5, 5.41) is 0. The van der Waals surface area contributed by atoms with Crippen molar-refractivity contribution in [2.75, 3.05) is 0 Å². The van der Waals surface area contributed by atoms with Gasteiger partial charge in [0, 0.05) is 12.4 Å². The van der Waals surface area contributed by atoms with E-state index in [1.54, 1.807) is 0 Å². The third-order valence-electron chi connectivity index (χ3n) is 4.30. The summed E-state index contributed by atoms with van der Waals surface area (Å²) in [6.45, 7) is 4.04. The summed E-state index contributed by atoms with van der Waals surface area (Å²) >= 11 is 0. The Balaban J connectivity index is 2.01. The van der Waals surface area contributed by atoms with E-state index < -0.39 is 0 Å². The van der Waals surface area contributed by atoms with Crippen molar-refractivity contribution in [3.63, 3.8) is 0 Å². The summed E-state index contributed by atoms with van der Waals surface area (Å²) in [5.41, 5.74) is 4.49. The van der Waals surface area contributed by atoms with Gasteiger partial charge in [-0.25, -0.2) is 9.97 Å². The summed E-state index contributed by atoms with van der Waals surface area (Å²) in [4.78, 5) is 22.7. The normalized spacial score (nSPS) is 11.4. The van der Waals surface area contributed by atoms with E-state index >= 15 is 0 Å². The van der Waals surface area contributed by atoms with Crippen molar-refractivity contribution in [2.24, 2.45) is 0 Å². The molecule has 0 aliphatic heterocycles. The molecular formula is C19H18N4O. The maximum absolute atomic E-state index is 13.4. The molecule has 0 N–H and O–H groups in total. The predicted molar refractivity (Wildman–Crippen MR) is 92.6 cm³/mol. The molecule has 0 atom stereocenters. The van der Waals surface area contributed by atoms with Crippen LogP contribution in [0.15, 0.2) is 48.8 Å². The third-order valence-corrected chi connectivity index (χ3v) is 4.30. The minimum absolute atomic E-state index is 0.0268. The van der Waals surface area contributed by atoms with Crippen molar-refractivity contribution in [1.29, 1.82) is 0 Å². The third kappa shape index (κ3) is 2.05. The number of pyridine rings is 2. The Morgan fingerprint density at radius 3 is 1.71 bits per heavy atom. The van der Waals surface area contributed by atoms with E-state index in [0.717, 1.165) is 22.7 Å². The summed E-state index contributed by atoms with van der Waals surface area (Å²) in [7, 11) is 0. The van der Waals surface area contributed by atoms with Gasteiger partial charge in [0.2, 0.25) is 5.78 Å². The fourth-order valence-electron chi connectivity index (χ4n) is 3.18. The van der Waals surface area contributed by atoms with Crippen LogP contribution in [0.2, 0.25) is 0 Å². The summed E-state index contributed by atoms with van der Waals surface area (Å²) < 4.78 is 3.76. The lowest BCUT2D eigenvalue weighted by Gasteiger charge is -2.05. The van der Waals surface area contributed by atoms with Crippen molar-refractivity contribution in [3.8, 4) is 0 Å².